The van der Waals surface area contributed by atoms with Crippen molar-refractivity contribution in [2.24, 2.45) is 11.8 Å². The second kappa shape index (κ2) is 5.50. The van der Waals surface area contributed by atoms with Crippen LogP contribution in [0.2, 0.25) is 0 Å². The molecule has 2 rings (SSSR count). The predicted octanol–water partition coefficient (Wildman–Crippen LogP) is 2.49. The first-order chi connectivity index (χ1) is 7.69. The zero-order chi connectivity index (χ0) is 11.5. The van der Waals surface area contributed by atoms with Crippen LogP contribution in [0.3, 0.4) is 0 Å². The molecule has 0 amide bonds. The first-order valence-electron chi connectivity index (χ1n) is 7.17. The van der Waals surface area contributed by atoms with Gasteiger partial charge >= 0.3 is 0 Å². The van der Waals surface area contributed by atoms with Gasteiger partial charge in [0.25, 0.3) is 0 Å². The van der Waals surface area contributed by atoms with Crippen LogP contribution in [0.25, 0.3) is 0 Å². The Bertz CT molecular complexity index is 201. The number of hydrogen-bond acceptors (Lipinski definition) is 2. The van der Waals surface area contributed by atoms with E-state index in [4.69, 9.17) is 0 Å². The summed E-state index contributed by atoms with van der Waals surface area (Å²) < 4.78 is 0. The summed E-state index contributed by atoms with van der Waals surface area (Å²) in [5.41, 5.74) is 0. The lowest BCUT2D eigenvalue weighted by atomic mass is 9.73. The fourth-order valence-corrected chi connectivity index (χ4v) is 3.09. The molecule has 0 atom stereocenters. The Kier molecular flexibility index (Phi) is 4.26. The highest BCUT2D eigenvalue weighted by Crippen LogP contribution is 2.34. The quantitative estimate of drug-likeness (QED) is 0.789. The Labute approximate surface area is 101 Å². The summed E-state index contributed by atoms with van der Waals surface area (Å²) in [6.45, 7) is 10.8. The van der Waals surface area contributed by atoms with Gasteiger partial charge in [0.05, 0.1) is 0 Å². The molecule has 2 heteroatoms. The highest BCUT2D eigenvalue weighted by molar-refractivity contribution is 4.90. The van der Waals surface area contributed by atoms with Crippen LogP contribution in [0.15, 0.2) is 0 Å². The average Bonchev–Trinajstić information content (AvgIpc) is 2.23. The number of rotatable bonds is 4. The lowest BCUT2D eigenvalue weighted by Crippen LogP contribution is -2.51. The van der Waals surface area contributed by atoms with Gasteiger partial charge in [-0.2, -0.15) is 0 Å². The maximum Gasteiger partial charge on any atom is 0.00940 e. The topological polar surface area (TPSA) is 15.3 Å². The Balaban J connectivity index is 1.62. The molecule has 16 heavy (non-hydrogen) atoms. The van der Waals surface area contributed by atoms with Crippen molar-refractivity contribution in [3.63, 3.8) is 0 Å². The predicted molar refractivity (Wildman–Crippen MR) is 69.6 cm³/mol. The van der Waals surface area contributed by atoms with Gasteiger partial charge in [-0.25, -0.2) is 0 Å². The van der Waals surface area contributed by atoms with Crippen LogP contribution in [0, 0.1) is 11.8 Å². The second-order valence-electron chi connectivity index (χ2n) is 6.05. The van der Waals surface area contributed by atoms with E-state index in [1.54, 1.807) is 0 Å². The SMILES string of the molecule is CCN1CCC(NC2CC(C(C)C)C2)CC1. The number of piperidine rings is 1. The van der Waals surface area contributed by atoms with E-state index < -0.39 is 0 Å². The Hall–Kier alpha value is -0.0800. The molecule has 1 aliphatic heterocycles. The smallest absolute Gasteiger partial charge is 0.00940 e. The van der Waals surface area contributed by atoms with E-state index in [0.29, 0.717) is 0 Å². The summed E-state index contributed by atoms with van der Waals surface area (Å²) in [6.07, 6.45) is 5.56. The third-order valence-electron chi connectivity index (χ3n) is 4.62. The highest BCUT2D eigenvalue weighted by Gasteiger charge is 2.32. The van der Waals surface area contributed by atoms with Gasteiger partial charge in [0.2, 0.25) is 0 Å². The molecule has 2 nitrogen and oxygen atoms in total. The minimum absolute atomic E-state index is 0.806. The molecular weight excluding hydrogens is 196 g/mol. The number of likely N-dealkylation sites (tertiary alicyclic amines) is 1. The normalized spacial score (nSPS) is 33.0. The van der Waals surface area contributed by atoms with Crippen molar-refractivity contribution in [3.8, 4) is 0 Å². The van der Waals surface area contributed by atoms with E-state index in [9.17, 15) is 0 Å². The average molecular weight is 224 g/mol. The maximum absolute atomic E-state index is 3.86. The van der Waals surface area contributed by atoms with Gasteiger partial charge in [0, 0.05) is 12.1 Å². The molecule has 0 radical (unpaired) electrons. The van der Waals surface area contributed by atoms with Crippen LogP contribution in [-0.2, 0) is 0 Å². The molecule has 0 unspecified atom stereocenters. The summed E-state index contributed by atoms with van der Waals surface area (Å²) in [4.78, 5) is 2.57. The largest absolute Gasteiger partial charge is 0.311 e. The van der Waals surface area contributed by atoms with E-state index in [1.165, 1.54) is 45.3 Å². The Morgan fingerprint density at radius 3 is 2.25 bits per heavy atom. The molecule has 2 aliphatic rings. The molecule has 1 N–H and O–H groups in total. The monoisotopic (exact) mass is 224 g/mol. The first kappa shape index (κ1) is 12.4. The van der Waals surface area contributed by atoms with Crippen molar-refractivity contribution in [1.29, 1.82) is 0 Å². The lowest BCUT2D eigenvalue weighted by Gasteiger charge is -2.42. The Morgan fingerprint density at radius 1 is 1.12 bits per heavy atom. The minimum Gasteiger partial charge on any atom is -0.311 e. The standard InChI is InChI=1S/C14H28N2/c1-4-16-7-5-13(6-8-16)15-14-9-12(10-14)11(2)3/h11-15H,4-10H2,1-3H3. The van der Waals surface area contributed by atoms with Gasteiger partial charge in [-0.05, 0) is 57.2 Å². The van der Waals surface area contributed by atoms with E-state index in [1.807, 2.05) is 0 Å². The lowest BCUT2D eigenvalue weighted by molar-refractivity contribution is 0.132. The van der Waals surface area contributed by atoms with Gasteiger partial charge in [-0.1, -0.05) is 20.8 Å². The van der Waals surface area contributed by atoms with E-state index >= 15 is 0 Å². The second-order valence-corrected chi connectivity index (χ2v) is 6.05. The fraction of sp³-hybridized carbons (Fsp3) is 1.00. The molecule has 1 saturated carbocycles. The molecule has 94 valence electrons. The molecule has 0 spiro atoms. The van der Waals surface area contributed by atoms with Crippen LogP contribution in [0.1, 0.15) is 46.5 Å². The molecule has 1 saturated heterocycles. The first-order valence-corrected chi connectivity index (χ1v) is 7.17. The fourth-order valence-electron chi connectivity index (χ4n) is 3.09. The van der Waals surface area contributed by atoms with Crippen LogP contribution < -0.4 is 5.32 Å². The summed E-state index contributed by atoms with van der Waals surface area (Å²) >= 11 is 0. The third kappa shape index (κ3) is 2.98. The summed E-state index contributed by atoms with van der Waals surface area (Å²) in [7, 11) is 0. The molecule has 2 fully saturated rings. The molecule has 0 aromatic rings. The van der Waals surface area contributed by atoms with E-state index in [0.717, 1.165) is 23.9 Å². The maximum atomic E-state index is 3.86. The molecule has 1 heterocycles. The minimum atomic E-state index is 0.806. The van der Waals surface area contributed by atoms with Crippen molar-refractivity contribution < 1.29 is 0 Å². The van der Waals surface area contributed by atoms with Crippen molar-refractivity contribution in [3.05, 3.63) is 0 Å². The van der Waals surface area contributed by atoms with Gasteiger partial charge in [0.15, 0.2) is 0 Å². The molecule has 0 aromatic carbocycles. The number of hydrogen-bond donors (Lipinski definition) is 1. The molecule has 0 bridgehead atoms. The van der Waals surface area contributed by atoms with Crippen molar-refractivity contribution in [1.82, 2.24) is 10.2 Å². The van der Waals surface area contributed by atoms with Gasteiger partial charge < -0.3 is 10.2 Å². The zero-order valence-electron chi connectivity index (χ0n) is 11.2. The van der Waals surface area contributed by atoms with Gasteiger partial charge in [0.1, 0.15) is 0 Å². The van der Waals surface area contributed by atoms with Crippen molar-refractivity contribution in [2.75, 3.05) is 19.6 Å². The van der Waals surface area contributed by atoms with Crippen LogP contribution >= 0.6 is 0 Å². The Morgan fingerprint density at radius 2 is 1.75 bits per heavy atom. The third-order valence-corrected chi connectivity index (χ3v) is 4.62. The van der Waals surface area contributed by atoms with Crippen molar-refractivity contribution >= 4 is 0 Å². The summed E-state index contributed by atoms with van der Waals surface area (Å²) in [6, 6.07) is 1.64. The van der Waals surface area contributed by atoms with E-state index in [-0.39, 0.29) is 0 Å². The number of nitrogens with one attached hydrogen (secondary N) is 1. The van der Waals surface area contributed by atoms with Crippen molar-refractivity contribution in [2.45, 2.75) is 58.5 Å². The highest BCUT2D eigenvalue weighted by atomic mass is 15.1. The van der Waals surface area contributed by atoms with Crippen LogP contribution in [0.4, 0.5) is 0 Å². The summed E-state index contributed by atoms with van der Waals surface area (Å²) in [5.74, 6) is 1.88. The van der Waals surface area contributed by atoms with Gasteiger partial charge in [-0.15, -0.1) is 0 Å². The van der Waals surface area contributed by atoms with Gasteiger partial charge in [-0.3, -0.25) is 0 Å². The molecule has 1 aliphatic carbocycles. The molecular formula is C14H28N2. The molecule has 0 aromatic heterocycles. The summed E-state index contributed by atoms with van der Waals surface area (Å²) in [5, 5.41) is 3.86. The number of nitrogens with zero attached hydrogens (tertiary/aromatic N) is 1. The van der Waals surface area contributed by atoms with Crippen LogP contribution in [-0.4, -0.2) is 36.6 Å². The zero-order valence-corrected chi connectivity index (χ0v) is 11.2. The van der Waals surface area contributed by atoms with Crippen LogP contribution in [0.5, 0.6) is 0 Å². The van der Waals surface area contributed by atoms with E-state index in [2.05, 4.69) is 31.0 Å².